The van der Waals surface area contributed by atoms with Crippen LogP contribution in [0.2, 0.25) is 0 Å². The van der Waals surface area contributed by atoms with Crippen molar-refractivity contribution in [3.8, 4) is 0 Å². The van der Waals surface area contributed by atoms with Crippen molar-refractivity contribution in [3.05, 3.63) is 0 Å². The van der Waals surface area contributed by atoms with Crippen molar-refractivity contribution in [2.45, 2.75) is 19.9 Å². The number of hydrogen-bond donors (Lipinski definition) is 1. The van der Waals surface area contributed by atoms with E-state index in [2.05, 4.69) is 5.32 Å². The Hall–Kier alpha value is -0.480. The number of carbonyl (C=O) groups is 1. The minimum absolute atomic E-state index is 0.105. The summed E-state index contributed by atoms with van der Waals surface area (Å²) in [5.74, 6) is -0.108. The summed E-state index contributed by atoms with van der Waals surface area (Å²) in [5, 5.41) is 2.57. The monoisotopic (exact) mass is 174 g/mol. The van der Waals surface area contributed by atoms with Crippen LogP contribution in [0.25, 0.3) is 0 Å². The van der Waals surface area contributed by atoms with Gasteiger partial charge in [0.15, 0.2) is 0 Å². The van der Waals surface area contributed by atoms with Crippen molar-refractivity contribution >= 4 is 23.1 Å². The quantitative estimate of drug-likeness (QED) is 0.615. The first kappa shape index (κ1) is 10.5. The maximum Gasteiger partial charge on any atom is 0.221 e. The van der Waals surface area contributed by atoms with Crippen LogP contribution in [0, 0.1) is 0 Å². The summed E-state index contributed by atoms with van der Waals surface area (Å²) < 4.78 is 0. The van der Waals surface area contributed by atoms with Crippen LogP contribution < -0.4 is 5.32 Å². The molecule has 0 saturated carbocycles. The molecule has 0 radical (unpaired) electrons. The smallest absolute Gasteiger partial charge is 0.221 e. The maximum atomic E-state index is 10.6. The molecule has 0 aliphatic carbocycles. The summed E-state index contributed by atoms with van der Waals surface area (Å²) in [6.45, 7) is 3.40. The molecule has 0 aliphatic heterocycles. The molecule has 0 fully saturated rings. The van der Waals surface area contributed by atoms with Crippen LogP contribution in [-0.4, -0.2) is 35.9 Å². The van der Waals surface area contributed by atoms with Crippen LogP contribution in [0.5, 0.6) is 0 Å². The molecule has 0 aromatic heterocycles. The minimum Gasteiger partial charge on any atom is -0.319 e. The van der Waals surface area contributed by atoms with Crippen molar-refractivity contribution in [1.29, 1.82) is 0 Å². The van der Waals surface area contributed by atoms with Gasteiger partial charge in [-0.2, -0.15) is 0 Å². The molecule has 0 saturated heterocycles. The highest BCUT2D eigenvalue weighted by molar-refractivity contribution is 7.80. The fourth-order valence-electron chi connectivity index (χ4n) is 0.512. The lowest BCUT2D eigenvalue weighted by Gasteiger charge is -2.20. The Morgan fingerprint density at radius 2 is 2.00 bits per heavy atom. The maximum absolute atomic E-state index is 10.6. The first-order valence-corrected chi connectivity index (χ1v) is 3.84. The molecular formula is C7H14N2OS. The first-order valence-electron chi connectivity index (χ1n) is 3.43. The van der Waals surface area contributed by atoms with Crippen molar-refractivity contribution in [1.82, 2.24) is 10.2 Å². The molecule has 0 aliphatic rings. The zero-order chi connectivity index (χ0) is 9.02. The Bertz CT molecular complexity index is 168. The van der Waals surface area contributed by atoms with Gasteiger partial charge in [0.2, 0.25) is 5.91 Å². The van der Waals surface area contributed by atoms with Crippen molar-refractivity contribution < 1.29 is 4.79 Å². The molecule has 1 amide bonds. The molecule has 1 N–H and O–H groups in total. The number of carbonyl (C=O) groups excluding carboxylic acids is 1. The van der Waals surface area contributed by atoms with Gasteiger partial charge in [-0.1, -0.05) is 12.2 Å². The van der Waals surface area contributed by atoms with Gasteiger partial charge < -0.3 is 10.2 Å². The fraction of sp³-hybridized carbons (Fsp3) is 0.714. The van der Waals surface area contributed by atoms with E-state index in [0.717, 1.165) is 0 Å². The van der Waals surface area contributed by atoms with E-state index in [9.17, 15) is 4.79 Å². The van der Waals surface area contributed by atoms with Gasteiger partial charge in [-0.3, -0.25) is 4.79 Å². The summed E-state index contributed by atoms with van der Waals surface area (Å²) in [5.41, 5.74) is 0. The Balaban J connectivity index is 3.93. The Morgan fingerprint density at radius 3 is 2.27 bits per heavy atom. The average molecular weight is 174 g/mol. The van der Waals surface area contributed by atoms with E-state index in [1.165, 1.54) is 6.92 Å². The normalized spacial score (nSPS) is 12.8. The summed E-state index contributed by atoms with van der Waals surface area (Å²) >= 11 is 4.96. The number of amides is 1. The predicted molar refractivity (Wildman–Crippen MR) is 49.6 cm³/mol. The predicted octanol–water partition coefficient (Wildman–Crippen LogP) is 0.400. The topological polar surface area (TPSA) is 32.3 Å². The van der Waals surface area contributed by atoms with Gasteiger partial charge in [-0.05, 0) is 21.0 Å². The minimum atomic E-state index is -0.108. The number of nitrogens with one attached hydrogen (secondary N) is 1. The molecule has 0 heterocycles. The van der Waals surface area contributed by atoms with Gasteiger partial charge in [0.1, 0.15) is 0 Å². The van der Waals surface area contributed by atoms with E-state index in [1.54, 1.807) is 0 Å². The number of thiocarbonyl (C=S) groups is 1. The fourth-order valence-corrected chi connectivity index (χ4v) is 0.867. The molecule has 11 heavy (non-hydrogen) atoms. The molecule has 64 valence electrons. The molecule has 4 heteroatoms. The van der Waals surface area contributed by atoms with Crippen molar-refractivity contribution in [3.63, 3.8) is 0 Å². The second-order valence-corrected chi connectivity index (χ2v) is 3.12. The summed E-state index contributed by atoms with van der Waals surface area (Å²) in [7, 11) is 3.83. The van der Waals surface area contributed by atoms with Crippen LogP contribution in [-0.2, 0) is 4.79 Å². The zero-order valence-corrected chi connectivity index (χ0v) is 8.16. The molecule has 0 aromatic rings. The summed E-state index contributed by atoms with van der Waals surface area (Å²) in [6.07, 6.45) is 0. The third kappa shape index (κ3) is 4.06. The number of hydrogen-bond acceptors (Lipinski definition) is 3. The van der Waals surface area contributed by atoms with Crippen molar-refractivity contribution in [2.24, 2.45) is 0 Å². The molecule has 0 rings (SSSR count). The Labute approximate surface area is 72.8 Å². The standard InChI is InChI=1S/C7H14N2OS/c1-5(9(3)4)7(11)8-6(2)10/h5H,1-4H3,(H,8,10,11). The molecule has 0 spiro atoms. The van der Waals surface area contributed by atoms with Gasteiger partial charge in [0.05, 0.1) is 11.0 Å². The molecular weight excluding hydrogens is 160 g/mol. The molecule has 1 atom stereocenters. The van der Waals surface area contributed by atoms with Gasteiger partial charge in [-0.15, -0.1) is 0 Å². The summed E-state index contributed by atoms with van der Waals surface area (Å²) in [6, 6.07) is 0.105. The van der Waals surface area contributed by atoms with Gasteiger partial charge >= 0.3 is 0 Å². The van der Waals surface area contributed by atoms with E-state index in [-0.39, 0.29) is 11.9 Å². The zero-order valence-electron chi connectivity index (χ0n) is 7.34. The van der Waals surface area contributed by atoms with Crippen LogP contribution in [0.3, 0.4) is 0 Å². The van der Waals surface area contributed by atoms with E-state index >= 15 is 0 Å². The lowest BCUT2D eigenvalue weighted by Crippen LogP contribution is -2.41. The number of nitrogens with zero attached hydrogens (tertiary/aromatic N) is 1. The summed E-state index contributed by atoms with van der Waals surface area (Å²) in [4.78, 5) is 13.1. The average Bonchev–Trinajstić information content (AvgIpc) is 1.84. The number of likely N-dealkylation sites (N-methyl/N-ethyl adjacent to an activating group) is 1. The van der Waals surface area contributed by atoms with Gasteiger partial charge in [0.25, 0.3) is 0 Å². The van der Waals surface area contributed by atoms with Crippen LogP contribution in [0.15, 0.2) is 0 Å². The van der Waals surface area contributed by atoms with E-state index < -0.39 is 0 Å². The second kappa shape index (κ2) is 4.41. The first-order chi connectivity index (χ1) is 4.95. The SMILES string of the molecule is CC(=O)NC(=S)C(C)N(C)C. The van der Waals surface area contributed by atoms with Crippen molar-refractivity contribution in [2.75, 3.05) is 14.1 Å². The van der Waals surface area contributed by atoms with E-state index in [1.807, 2.05) is 25.9 Å². The number of rotatable bonds is 2. The van der Waals surface area contributed by atoms with Gasteiger partial charge in [-0.25, -0.2) is 0 Å². The lowest BCUT2D eigenvalue weighted by atomic mass is 10.3. The van der Waals surface area contributed by atoms with Crippen LogP contribution in [0.4, 0.5) is 0 Å². The highest BCUT2D eigenvalue weighted by atomic mass is 32.1. The van der Waals surface area contributed by atoms with E-state index in [0.29, 0.717) is 4.99 Å². The highest BCUT2D eigenvalue weighted by Gasteiger charge is 2.10. The molecule has 0 aromatic carbocycles. The molecule has 1 unspecified atom stereocenters. The van der Waals surface area contributed by atoms with Crippen LogP contribution >= 0.6 is 12.2 Å². The third-order valence-corrected chi connectivity index (χ3v) is 1.90. The Kier molecular flexibility index (Phi) is 4.22. The largest absolute Gasteiger partial charge is 0.319 e. The highest BCUT2D eigenvalue weighted by Crippen LogP contribution is 1.92. The van der Waals surface area contributed by atoms with E-state index in [4.69, 9.17) is 12.2 Å². The third-order valence-electron chi connectivity index (χ3n) is 1.45. The van der Waals surface area contributed by atoms with Crippen LogP contribution in [0.1, 0.15) is 13.8 Å². The van der Waals surface area contributed by atoms with Gasteiger partial charge in [0, 0.05) is 6.92 Å². The molecule has 0 bridgehead atoms. The second-order valence-electron chi connectivity index (χ2n) is 2.69. The molecule has 3 nitrogen and oxygen atoms in total. The Morgan fingerprint density at radius 1 is 1.55 bits per heavy atom. The lowest BCUT2D eigenvalue weighted by molar-refractivity contribution is -0.117.